The number of hydrogen-bond donors (Lipinski definition) is 3. The quantitative estimate of drug-likeness (QED) is 0.754. The van der Waals surface area contributed by atoms with E-state index in [9.17, 15) is 9.59 Å². The molecule has 1 unspecified atom stereocenters. The zero-order chi connectivity index (χ0) is 14.6. The summed E-state index contributed by atoms with van der Waals surface area (Å²) in [5, 5.41) is 14.7. The van der Waals surface area contributed by atoms with Crippen molar-refractivity contribution in [2.45, 2.75) is 32.2 Å². The van der Waals surface area contributed by atoms with Crippen LogP contribution in [0, 0.1) is 0 Å². The molecule has 0 radical (unpaired) electrons. The highest BCUT2D eigenvalue weighted by Crippen LogP contribution is 2.24. The number of rotatable bonds is 5. The first kappa shape index (κ1) is 15.2. The van der Waals surface area contributed by atoms with E-state index in [1.165, 1.54) is 0 Å². The van der Waals surface area contributed by atoms with Gasteiger partial charge < -0.3 is 15.7 Å². The Bertz CT molecular complexity index is 466. The van der Waals surface area contributed by atoms with Gasteiger partial charge in [-0.1, -0.05) is 12.1 Å². The van der Waals surface area contributed by atoms with E-state index in [4.69, 9.17) is 5.11 Å². The molecule has 0 bridgehead atoms. The Morgan fingerprint density at radius 2 is 1.74 bits per heavy atom. The summed E-state index contributed by atoms with van der Waals surface area (Å²) < 4.78 is 0. The summed E-state index contributed by atoms with van der Waals surface area (Å²) in [4.78, 5) is 22.8. The molecule has 1 amide bonds. The molecule has 5 nitrogen and oxygen atoms in total. The molecule has 19 heavy (non-hydrogen) atoms. The molecule has 0 saturated heterocycles. The van der Waals surface area contributed by atoms with Gasteiger partial charge in [-0.2, -0.15) is 0 Å². The molecular weight excluding hydrogens is 244 g/mol. The number of nitrogens with one attached hydrogen (secondary N) is 2. The summed E-state index contributed by atoms with van der Waals surface area (Å²) in [5.74, 6) is -1.01. The molecule has 0 aliphatic rings. The van der Waals surface area contributed by atoms with Crippen molar-refractivity contribution in [2.24, 2.45) is 0 Å². The molecule has 0 heterocycles. The van der Waals surface area contributed by atoms with Gasteiger partial charge in [-0.15, -0.1) is 0 Å². The van der Waals surface area contributed by atoms with E-state index in [0.717, 1.165) is 0 Å². The van der Waals surface area contributed by atoms with Gasteiger partial charge in [0.05, 0.1) is 11.5 Å². The van der Waals surface area contributed by atoms with Crippen LogP contribution in [0.4, 0.5) is 5.69 Å². The van der Waals surface area contributed by atoms with Gasteiger partial charge in [0.25, 0.3) is 0 Å². The topological polar surface area (TPSA) is 78.4 Å². The van der Waals surface area contributed by atoms with Crippen molar-refractivity contribution in [1.82, 2.24) is 5.32 Å². The maximum atomic E-state index is 11.7. The molecule has 0 saturated carbocycles. The number of carbonyl (C=O) groups is 2. The zero-order valence-electron chi connectivity index (χ0n) is 11.7. The largest absolute Gasteiger partial charge is 0.481 e. The van der Waals surface area contributed by atoms with Crippen LogP contribution in [0.15, 0.2) is 24.3 Å². The fourth-order valence-electron chi connectivity index (χ4n) is 1.48. The summed E-state index contributed by atoms with van der Waals surface area (Å²) in [6.07, 6.45) is 0. The van der Waals surface area contributed by atoms with Crippen molar-refractivity contribution in [2.75, 3.05) is 12.4 Å². The molecule has 0 spiro atoms. The lowest BCUT2D eigenvalue weighted by Gasteiger charge is -2.20. The third-order valence-corrected chi connectivity index (χ3v) is 3.24. The minimum absolute atomic E-state index is 0.132. The predicted molar refractivity (Wildman–Crippen MR) is 74.3 cm³/mol. The Morgan fingerprint density at radius 1 is 1.21 bits per heavy atom. The number of hydrogen-bond acceptors (Lipinski definition) is 3. The lowest BCUT2D eigenvalue weighted by molar-refractivity contribution is -0.142. The molecule has 0 aliphatic carbocycles. The molecule has 104 valence electrons. The monoisotopic (exact) mass is 264 g/mol. The second kappa shape index (κ2) is 5.84. The van der Waals surface area contributed by atoms with Crippen molar-refractivity contribution >= 4 is 17.6 Å². The van der Waals surface area contributed by atoms with E-state index in [2.05, 4.69) is 10.6 Å². The summed E-state index contributed by atoms with van der Waals surface area (Å²) >= 11 is 0. The van der Waals surface area contributed by atoms with E-state index in [1.54, 1.807) is 52.1 Å². The number of benzene rings is 1. The van der Waals surface area contributed by atoms with Crippen molar-refractivity contribution in [1.29, 1.82) is 0 Å². The molecule has 0 fully saturated rings. The fourth-order valence-corrected chi connectivity index (χ4v) is 1.48. The highest BCUT2D eigenvalue weighted by molar-refractivity contribution is 5.94. The molecule has 3 N–H and O–H groups in total. The third kappa shape index (κ3) is 3.54. The van der Waals surface area contributed by atoms with Crippen molar-refractivity contribution < 1.29 is 14.7 Å². The van der Waals surface area contributed by atoms with E-state index in [1.807, 2.05) is 0 Å². The summed E-state index contributed by atoms with van der Waals surface area (Å²) in [6, 6.07) is 6.57. The highest BCUT2D eigenvalue weighted by Gasteiger charge is 2.29. The zero-order valence-corrected chi connectivity index (χ0v) is 11.7. The molecule has 5 heteroatoms. The average molecular weight is 264 g/mol. The van der Waals surface area contributed by atoms with Gasteiger partial charge in [-0.05, 0) is 45.5 Å². The normalized spacial score (nSPS) is 12.8. The van der Waals surface area contributed by atoms with Crippen molar-refractivity contribution in [3.63, 3.8) is 0 Å². The second-order valence-corrected chi connectivity index (χ2v) is 5.01. The van der Waals surface area contributed by atoms with Crippen LogP contribution in [0.1, 0.15) is 26.3 Å². The lowest BCUT2D eigenvalue weighted by Crippen LogP contribution is -2.35. The van der Waals surface area contributed by atoms with Crippen LogP contribution in [-0.2, 0) is 15.0 Å². The van der Waals surface area contributed by atoms with Crippen LogP contribution in [-0.4, -0.2) is 30.1 Å². The average Bonchev–Trinajstić information content (AvgIpc) is 2.38. The summed E-state index contributed by atoms with van der Waals surface area (Å²) in [6.45, 7) is 5.05. The molecular formula is C14H20N2O3. The van der Waals surface area contributed by atoms with Gasteiger partial charge in [0.1, 0.15) is 0 Å². The Balaban J connectivity index is 2.83. The standard InChI is InChI=1S/C14H20N2O3/c1-9(15-4)12(17)16-11-7-5-10(6-8-11)14(2,3)13(18)19/h5-9,15H,1-4H3,(H,16,17)(H,18,19). The molecule has 1 aromatic rings. The minimum atomic E-state index is -0.944. The van der Waals surface area contributed by atoms with E-state index in [-0.39, 0.29) is 11.9 Å². The van der Waals surface area contributed by atoms with Gasteiger partial charge >= 0.3 is 5.97 Å². The number of carbonyl (C=O) groups excluding carboxylic acids is 1. The van der Waals surface area contributed by atoms with Gasteiger partial charge in [-0.3, -0.25) is 9.59 Å². The lowest BCUT2D eigenvalue weighted by atomic mass is 9.85. The number of carboxylic acids is 1. The first-order chi connectivity index (χ1) is 8.78. The van der Waals surface area contributed by atoms with Crippen LogP contribution in [0.2, 0.25) is 0 Å². The Labute approximate surface area is 113 Å². The number of likely N-dealkylation sites (N-methyl/N-ethyl adjacent to an activating group) is 1. The van der Waals surface area contributed by atoms with Crippen molar-refractivity contribution in [3.05, 3.63) is 29.8 Å². The van der Waals surface area contributed by atoms with Crippen LogP contribution < -0.4 is 10.6 Å². The maximum absolute atomic E-state index is 11.7. The smallest absolute Gasteiger partial charge is 0.313 e. The molecule has 1 rings (SSSR count). The van der Waals surface area contributed by atoms with E-state index >= 15 is 0 Å². The SMILES string of the molecule is CNC(C)C(=O)Nc1ccc(C(C)(C)C(=O)O)cc1. The summed E-state index contributed by atoms with van der Waals surface area (Å²) in [7, 11) is 1.71. The predicted octanol–water partition coefficient (Wildman–Crippen LogP) is 1.60. The Hall–Kier alpha value is -1.88. The highest BCUT2D eigenvalue weighted by atomic mass is 16.4. The van der Waals surface area contributed by atoms with Gasteiger partial charge in [0.2, 0.25) is 5.91 Å². The number of amides is 1. The van der Waals surface area contributed by atoms with Crippen LogP contribution in [0.5, 0.6) is 0 Å². The maximum Gasteiger partial charge on any atom is 0.313 e. The molecule has 1 aromatic carbocycles. The third-order valence-electron chi connectivity index (χ3n) is 3.24. The van der Waals surface area contributed by atoms with Crippen molar-refractivity contribution in [3.8, 4) is 0 Å². The number of anilines is 1. The number of carboxylic acid groups (broad SMARTS) is 1. The molecule has 1 atom stereocenters. The first-order valence-corrected chi connectivity index (χ1v) is 6.11. The minimum Gasteiger partial charge on any atom is -0.481 e. The van der Waals surface area contributed by atoms with E-state index < -0.39 is 11.4 Å². The van der Waals surface area contributed by atoms with Gasteiger partial charge in [0.15, 0.2) is 0 Å². The Morgan fingerprint density at radius 3 is 2.16 bits per heavy atom. The summed E-state index contributed by atoms with van der Waals surface area (Å²) in [5.41, 5.74) is 0.401. The van der Waals surface area contributed by atoms with Crippen LogP contribution in [0.25, 0.3) is 0 Å². The van der Waals surface area contributed by atoms with E-state index in [0.29, 0.717) is 11.3 Å². The first-order valence-electron chi connectivity index (χ1n) is 6.11. The fraction of sp³-hybridized carbons (Fsp3) is 0.429. The van der Waals surface area contributed by atoms with Crippen LogP contribution in [0.3, 0.4) is 0 Å². The van der Waals surface area contributed by atoms with Gasteiger partial charge in [-0.25, -0.2) is 0 Å². The van der Waals surface area contributed by atoms with Gasteiger partial charge in [0, 0.05) is 5.69 Å². The molecule has 0 aliphatic heterocycles. The number of aliphatic carboxylic acids is 1. The molecule has 0 aromatic heterocycles. The second-order valence-electron chi connectivity index (χ2n) is 5.01. The Kier molecular flexibility index (Phi) is 4.67. The van der Waals surface area contributed by atoms with Crippen LogP contribution >= 0.6 is 0 Å².